The van der Waals surface area contributed by atoms with Crippen LogP contribution in [0, 0.1) is 5.92 Å². The number of piperazine rings is 1. The number of nitrogens with one attached hydrogen (secondary N) is 2. The number of rotatable bonds is 10. The Bertz CT molecular complexity index is 2430. The SMILES string of the molecule is Cn1c(=O)n(C2CCC(=O)NC2=O)c2ccc(N3CCC(OC4CCC(CN5CCN(c6cc(-c7n[nH]c8cnc(OC9(C)CC9)cc78)ncn6)CC5)CC4)CC3)cc21. The molecule has 10 rings (SSSR count). The van der Waals surface area contributed by atoms with E-state index in [-0.39, 0.29) is 29.7 Å². The monoisotopic (exact) mass is 803 g/mol. The second-order valence-corrected chi connectivity index (χ2v) is 17.6. The van der Waals surface area contributed by atoms with Crippen molar-refractivity contribution in [3.8, 4) is 17.3 Å². The van der Waals surface area contributed by atoms with Crippen LogP contribution in [0.1, 0.15) is 77.2 Å². The number of hydrogen-bond acceptors (Lipinski definition) is 12. The number of ether oxygens (including phenoxy) is 2. The minimum atomic E-state index is -0.681. The van der Waals surface area contributed by atoms with Crippen molar-refractivity contribution in [2.75, 3.05) is 55.6 Å². The van der Waals surface area contributed by atoms with Gasteiger partial charge in [-0.05, 0) is 88.8 Å². The summed E-state index contributed by atoms with van der Waals surface area (Å²) in [7, 11) is 1.74. The van der Waals surface area contributed by atoms with E-state index in [1.807, 2.05) is 18.2 Å². The third-order valence-corrected chi connectivity index (χ3v) is 13.4. The number of piperidine rings is 2. The molecule has 1 unspecified atom stereocenters. The van der Waals surface area contributed by atoms with E-state index in [2.05, 4.69) is 64.2 Å². The molecule has 2 N–H and O–H groups in total. The lowest BCUT2D eigenvalue weighted by Gasteiger charge is -2.39. The first-order valence-electron chi connectivity index (χ1n) is 21.4. The summed E-state index contributed by atoms with van der Waals surface area (Å²) in [6.07, 6.45) is 13.3. The Morgan fingerprint density at radius 3 is 2.37 bits per heavy atom. The van der Waals surface area contributed by atoms with E-state index in [1.54, 1.807) is 24.1 Å². The van der Waals surface area contributed by atoms with Crippen LogP contribution in [-0.4, -0.2) is 115 Å². The average molecular weight is 804 g/mol. The molecule has 2 amide bonds. The van der Waals surface area contributed by atoms with Crippen molar-refractivity contribution in [2.45, 2.75) is 95.0 Å². The Morgan fingerprint density at radius 2 is 1.61 bits per heavy atom. The number of imidazole rings is 1. The number of fused-ring (bicyclic) bond motifs is 2. The number of amides is 2. The maximum Gasteiger partial charge on any atom is 0.329 e. The van der Waals surface area contributed by atoms with Gasteiger partial charge < -0.3 is 19.3 Å². The summed E-state index contributed by atoms with van der Waals surface area (Å²) in [6, 6.07) is 9.37. The Morgan fingerprint density at radius 1 is 0.831 bits per heavy atom. The zero-order chi connectivity index (χ0) is 40.3. The van der Waals surface area contributed by atoms with Gasteiger partial charge in [-0.3, -0.25) is 34.0 Å². The molecule has 310 valence electrons. The van der Waals surface area contributed by atoms with Gasteiger partial charge in [-0.25, -0.2) is 19.7 Å². The van der Waals surface area contributed by atoms with Gasteiger partial charge in [-0.1, -0.05) is 0 Å². The van der Waals surface area contributed by atoms with Gasteiger partial charge in [0.15, 0.2) is 0 Å². The van der Waals surface area contributed by atoms with Crippen molar-refractivity contribution in [3.63, 3.8) is 0 Å². The lowest BCUT2D eigenvalue weighted by Crippen LogP contribution is -2.48. The molecule has 2 saturated carbocycles. The summed E-state index contributed by atoms with van der Waals surface area (Å²) >= 11 is 0. The highest BCUT2D eigenvalue weighted by Crippen LogP contribution is 2.40. The van der Waals surface area contributed by atoms with Crippen molar-refractivity contribution in [3.05, 3.63) is 53.3 Å². The topological polar surface area (TPSA) is 169 Å². The van der Waals surface area contributed by atoms with E-state index < -0.39 is 11.9 Å². The molecule has 2 aliphatic carbocycles. The second-order valence-electron chi connectivity index (χ2n) is 17.6. The minimum absolute atomic E-state index is 0.103. The van der Waals surface area contributed by atoms with Gasteiger partial charge in [0.2, 0.25) is 17.7 Å². The van der Waals surface area contributed by atoms with Crippen LogP contribution in [-0.2, 0) is 21.4 Å². The van der Waals surface area contributed by atoms with Crippen LogP contribution in [0.15, 0.2) is 47.7 Å². The molecule has 0 spiro atoms. The summed E-state index contributed by atoms with van der Waals surface area (Å²) in [5.41, 5.74) is 4.65. The zero-order valence-electron chi connectivity index (χ0n) is 33.9. The van der Waals surface area contributed by atoms with E-state index >= 15 is 0 Å². The fourth-order valence-corrected chi connectivity index (χ4v) is 9.60. The van der Waals surface area contributed by atoms with Gasteiger partial charge in [0.25, 0.3) is 0 Å². The number of pyridine rings is 1. The molecule has 3 saturated heterocycles. The number of imide groups is 1. The quantitative estimate of drug-likeness (QED) is 0.192. The van der Waals surface area contributed by atoms with Gasteiger partial charge in [0.1, 0.15) is 29.5 Å². The van der Waals surface area contributed by atoms with Crippen LogP contribution in [0.5, 0.6) is 5.88 Å². The maximum atomic E-state index is 13.2. The molecule has 5 aliphatic rings. The van der Waals surface area contributed by atoms with E-state index in [4.69, 9.17) is 9.47 Å². The Kier molecular flexibility index (Phi) is 9.86. The molecule has 16 nitrogen and oxygen atoms in total. The minimum Gasteiger partial charge on any atom is -0.471 e. The summed E-state index contributed by atoms with van der Waals surface area (Å²) in [6.45, 7) is 8.92. The Labute approximate surface area is 342 Å². The van der Waals surface area contributed by atoms with E-state index in [9.17, 15) is 14.4 Å². The maximum absolute atomic E-state index is 13.2. The van der Waals surface area contributed by atoms with Crippen LogP contribution in [0.2, 0.25) is 0 Å². The number of aryl methyl sites for hydroxylation is 1. The molecule has 3 aliphatic heterocycles. The number of hydrogen-bond donors (Lipinski definition) is 2. The smallest absolute Gasteiger partial charge is 0.329 e. The molecule has 16 heteroatoms. The summed E-state index contributed by atoms with van der Waals surface area (Å²) in [5.74, 6) is 1.54. The van der Waals surface area contributed by atoms with Crippen LogP contribution >= 0.6 is 0 Å². The van der Waals surface area contributed by atoms with Gasteiger partial charge in [-0.15, -0.1) is 0 Å². The molecular formula is C43H53N11O5. The van der Waals surface area contributed by atoms with Crippen molar-refractivity contribution in [2.24, 2.45) is 13.0 Å². The predicted octanol–water partition coefficient (Wildman–Crippen LogP) is 4.34. The van der Waals surface area contributed by atoms with E-state index in [0.717, 1.165) is 124 Å². The number of aromatic amines is 1. The van der Waals surface area contributed by atoms with E-state index in [1.165, 1.54) is 17.4 Å². The number of nitrogens with zero attached hydrogens (tertiary/aromatic N) is 9. The van der Waals surface area contributed by atoms with Gasteiger partial charge in [0, 0.05) is 82.5 Å². The molecule has 1 atom stereocenters. The largest absolute Gasteiger partial charge is 0.471 e. The summed E-state index contributed by atoms with van der Waals surface area (Å²) in [4.78, 5) is 58.6. The van der Waals surface area contributed by atoms with Crippen LogP contribution < -0.4 is 25.5 Å². The van der Waals surface area contributed by atoms with Crippen molar-refractivity contribution < 1.29 is 19.1 Å². The lowest BCUT2D eigenvalue weighted by atomic mass is 9.86. The number of benzene rings is 1. The average Bonchev–Trinajstić information content (AvgIpc) is 3.73. The summed E-state index contributed by atoms with van der Waals surface area (Å²) in [5, 5.41) is 11.0. The van der Waals surface area contributed by atoms with Crippen molar-refractivity contribution >= 4 is 45.3 Å². The number of H-pyrrole nitrogens is 1. The van der Waals surface area contributed by atoms with E-state index in [0.29, 0.717) is 29.8 Å². The first kappa shape index (κ1) is 37.9. The number of carbonyl (C=O) groups is 2. The summed E-state index contributed by atoms with van der Waals surface area (Å²) < 4.78 is 16.0. The molecule has 59 heavy (non-hydrogen) atoms. The predicted molar refractivity (Wildman–Crippen MR) is 223 cm³/mol. The molecule has 7 heterocycles. The van der Waals surface area contributed by atoms with Crippen LogP contribution in [0.3, 0.4) is 0 Å². The number of aromatic nitrogens is 7. The molecular weight excluding hydrogens is 751 g/mol. The number of anilines is 2. The number of carbonyl (C=O) groups excluding carboxylic acids is 2. The molecule has 0 radical (unpaired) electrons. The molecule has 0 bridgehead atoms. The third-order valence-electron chi connectivity index (χ3n) is 13.4. The highest BCUT2D eigenvalue weighted by atomic mass is 16.5. The fraction of sp³-hybridized carbons (Fsp3) is 0.558. The van der Waals surface area contributed by atoms with Gasteiger partial charge >= 0.3 is 5.69 Å². The molecule has 4 aromatic heterocycles. The Balaban J connectivity index is 0.677. The van der Waals surface area contributed by atoms with Gasteiger partial charge in [-0.2, -0.15) is 5.10 Å². The fourth-order valence-electron chi connectivity index (χ4n) is 9.60. The van der Waals surface area contributed by atoms with Gasteiger partial charge in [0.05, 0.1) is 40.6 Å². The standard InChI is InChI=1S/C43H53N11O5/c1-43(13-14-43)59-39-22-31-33(24-44-39)48-49-40(31)32-23-37(46-26-45-32)53-19-17-51(18-20-53)25-27-3-6-29(7-4-27)58-30-11-15-52(16-12-30)28-5-8-34-36(21-28)50(2)42(57)54(34)35-9-10-38(55)47-41(35)56/h5,8,21-24,26-27,29-30,35H,3-4,6-7,9-20,25H2,1-2H3,(H,48,49)(H,47,55,56). The molecule has 1 aromatic carbocycles. The first-order chi connectivity index (χ1) is 28.7. The Hall–Kier alpha value is -5.35. The highest BCUT2D eigenvalue weighted by Gasteiger charge is 2.40. The second kappa shape index (κ2) is 15.4. The normalized spacial score (nSPS) is 24.2. The molecule has 5 fully saturated rings. The van der Waals surface area contributed by atoms with Crippen LogP contribution in [0.4, 0.5) is 11.5 Å². The third kappa shape index (κ3) is 7.68. The lowest BCUT2D eigenvalue weighted by molar-refractivity contribution is -0.135. The van der Waals surface area contributed by atoms with Crippen molar-refractivity contribution in [1.29, 1.82) is 0 Å². The van der Waals surface area contributed by atoms with Crippen LogP contribution in [0.25, 0.3) is 33.3 Å². The van der Waals surface area contributed by atoms with Crippen molar-refractivity contribution in [1.82, 2.24) is 44.5 Å². The zero-order valence-corrected chi connectivity index (χ0v) is 33.9. The molecule has 5 aromatic rings. The first-order valence-corrected chi connectivity index (χ1v) is 21.4. The highest BCUT2D eigenvalue weighted by molar-refractivity contribution is 6.00.